The Bertz CT molecular complexity index is 407. The van der Waals surface area contributed by atoms with Crippen molar-refractivity contribution in [3.05, 3.63) is 29.8 Å². The summed E-state index contributed by atoms with van der Waals surface area (Å²) in [5.74, 6) is 1.45. The minimum absolute atomic E-state index is 0.107. The summed E-state index contributed by atoms with van der Waals surface area (Å²) in [5, 5.41) is 18.2. The lowest BCUT2D eigenvalue weighted by Crippen LogP contribution is -2.42. The zero-order valence-electron chi connectivity index (χ0n) is 10.1. The summed E-state index contributed by atoms with van der Waals surface area (Å²) < 4.78 is 0. The Kier molecular flexibility index (Phi) is 4.49. The number of rotatable bonds is 4. The van der Waals surface area contributed by atoms with E-state index in [-0.39, 0.29) is 18.2 Å². The number of hydrogen-bond donors (Lipinski definition) is 2. The molecule has 1 saturated heterocycles. The third-order valence-electron chi connectivity index (χ3n) is 3.08. The number of aliphatic carboxylic acids is 1. The van der Waals surface area contributed by atoms with E-state index in [9.17, 15) is 9.90 Å². The Morgan fingerprint density at radius 2 is 2.11 bits per heavy atom. The maximum atomic E-state index is 10.8. The molecule has 1 aliphatic heterocycles. The zero-order chi connectivity index (χ0) is 13.0. The van der Waals surface area contributed by atoms with Crippen molar-refractivity contribution < 1.29 is 15.0 Å². The van der Waals surface area contributed by atoms with Crippen molar-refractivity contribution in [2.45, 2.75) is 19.0 Å². The van der Waals surface area contributed by atoms with Gasteiger partial charge in [-0.3, -0.25) is 9.69 Å². The Balaban J connectivity index is 2.00. The predicted molar refractivity (Wildman–Crippen MR) is 71.9 cm³/mol. The topological polar surface area (TPSA) is 60.8 Å². The van der Waals surface area contributed by atoms with Crippen LogP contribution in [0, 0.1) is 0 Å². The number of benzene rings is 1. The first-order valence-corrected chi connectivity index (χ1v) is 7.12. The third kappa shape index (κ3) is 3.65. The van der Waals surface area contributed by atoms with Crippen molar-refractivity contribution in [1.82, 2.24) is 4.90 Å². The van der Waals surface area contributed by atoms with E-state index < -0.39 is 5.97 Å². The van der Waals surface area contributed by atoms with Crippen LogP contribution in [0.5, 0.6) is 5.75 Å². The van der Waals surface area contributed by atoms with Gasteiger partial charge < -0.3 is 10.2 Å². The van der Waals surface area contributed by atoms with Crippen molar-refractivity contribution in [3.63, 3.8) is 0 Å². The molecule has 4 nitrogen and oxygen atoms in total. The van der Waals surface area contributed by atoms with Gasteiger partial charge in [0.2, 0.25) is 0 Å². The third-order valence-corrected chi connectivity index (χ3v) is 4.17. The van der Waals surface area contributed by atoms with Crippen molar-refractivity contribution in [3.8, 4) is 5.75 Å². The van der Waals surface area contributed by atoms with Crippen molar-refractivity contribution in [1.29, 1.82) is 0 Å². The quantitative estimate of drug-likeness (QED) is 0.871. The molecular weight excluding hydrogens is 250 g/mol. The molecule has 1 unspecified atom stereocenters. The largest absolute Gasteiger partial charge is 0.508 e. The number of carbonyl (C=O) groups is 1. The standard InChI is InChI=1S/C13H17NO3S/c15-12-3-1-10(2-4-12)8-14-5-6-18-9-11(14)7-13(16)17/h1-4,11,15H,5-9H2,(H,16,17). The number of aromatic hydroxyl groups is 1. The summed E-state index contributed by atoms with van der Waals surface area (Å²) in [4.78, 5) is 13.1. The van der Waals surface area contributed by atoms with Gasteiger partial charge in [0.05, 0.1) is 6.42 Å². The number of hydrogen-bond acceptors (Lipinski definition) is 4. The Morgan fingerprint density at radius 3 is 2.78 bits per heavy atom. The van der Waals surface area contributed by atoms with E-state index in [4.69, 9.17) is 5.11 Å². The number of carboxylic acids is 1. The second kappa shape index (κ2) is 6.11. The fourth-order valence-corrected chi connectivity index (χ4v) is 3.25. The monoisotopic (exact) mass is 267 g/mol. The Labute approximate surface area is 111 Å². The fraction of sp³-hybridized carbons (Fsp3) is 0.462. The molecule has 0 aliphatic carbocycles. The van der Waals surface area contributed by atoms with E-state index in [0.29, 0.717) is 0 Å². The molecular formula is C13H17NO3S. The van der Waals surface area contributed by atoms with E-state index in [2.05, 4.69) is 4.90 Å². The molecule has 1 atom stereocenters. The van der Waals surface area contributed by atoms with Crippen LogP contribution in [0.15, 0.2) is 24.3 Å². The van der Waals surface area contributed by atoms with Gasteiger partial charge in [-0.25, -0.2) is 0 Å². The molecule has 2 rings (SSSR count). The summed E-state index contributed by atoms with van der Waals surface area (Å²) >= 11 is 1.82. The molecule has 0 bridgehead atoms. The van der Waals surface area contributed by atoms with E-state index in [1.165, 1.54) is 0 Å². The first kappa shape index (κ1) is 13.2. The van der Waals surface area contributed by atoms with Gasteiger partial charge in [0.1, 0.15) is 5.75 Å². The molecule has 0 saturated carbocycles. The molecule has 0 radical (unpaired) electrons. The van der Waals surface area contributed by atoms with Crippen LogP contribution in [-0.2, 0) is 11.3 Å². The molecule has 98 valence electrons. The minimum Gasteiger partial charge on any atom is -0.508 e. The number of phenolic OH excluding ortho intramolecular Hbond substituents is 1. The average molecular weight is 267 g/mol. The van der Waals surface area contributed by atoms with Crippen LogP contribution in [0.4, 0.5) is 0 Å². The molecule has 5 heteroatoms. The Morgan fingerprint density at radius 1 is 1.39 bits per heavy atom. The molecule has 18 heavy (non-hydrogen) atoms. The lowest BCUT2D eigenvalue weighted by molar-refractivity contribution is -0.138. The molecule has 1 aromatic rings. The highest BCUT2D eigenvalue weighted by atomic mass is 32.2. The van der Waals surface area contributed by atoms with Crippen LogP contribution >= 0.6 is 11.8 Å². The van der Waals surface area contributed by atoms with Crippen LogP contribution in [0.3, 0.4) is 0 Å². The maximum absolute atomic E-state index is 10.8. The van der Waals surface area contributed by atoms with Gasteiger partial charge in [-0.05, 0) is 17.7 Å². The molecule has 1 aliphatic rings. The van der Waals surface area contributed by atoms with E-state index in [0.717, 1.165) is 30.2 Å². The zero-order valence-corrected chi connectivity index (χ0v) is 10.9. The van der Waals surface area contributed by atoms with Crippen LogP contribution in [0.2, 0.25) is 0 Å². The first-order valence-electron chi connectivity index (χ1n) is 5.96. The number of phenols is 1. The molecule has 1 heterocycles. The number of nitrogens with zero attached hydrogens (tertiary/aromatic N) is 1. The number of thioether (sulfide) groups is 1. The Hall–Kier alpha value is -1.20. The minimum atomic E-state index is -0.738. The SMILES string of the molecule is O=C(O)CC1CSCCN1Cc1ccc(O)cc1. The molecule has 0 amide bonds. The van der Waals surface area contributed by atoms with E-state index >= 15 is 0 Å². The van der Waals surface area contributed by atoms with Crippen LogP contribution in [0.1, 0.15) is 12.0 Å². The first-order chi connectivity index (χ1) is 8.65. The molecule has 1 fully saturated rings. The summed E-state index contributed by atoms with van der Waals surface area (Å²) in [7, 11) is 0. The van der Waals surface area contributed by atoms with Gasteiger partial charge in [0.25, 0.3) is 0 Å². The maximum Gasteiger partial charge on any atom is 0.304 e. The van der Waals surface area contributed by atoms with Crippen molar-refractivity contribution in [2.75, 3.05) is 18.1 Å². The fourth-order valence-electron chi connectivity index (χ4n) is 2.12. The van der Waals surface area contributed by atoms with Crippen LogP contribution in [0.25, 0.3) is 0 Å². The van der Waals surface area contributed by atoms with E-state index in [1.807, 2.05) is 23.9 Å². The highest BCUT2D eigenvalue weighted by Crippen LogP contribution is 2.22. The molecule has 1 aromatic carbocycles. The van der Waals surface area contributed by atoms with E-state index in [1.54, 1.807) is 12.1 Å². The molecule has 2 N–H and O–H groups in total. The highest BCUT2D eigenvalue weighted by Gasteiger charge is 2.24. The van der Waals surface area contributed by atoms with Gasteiger partial charge >= 0.3 is 5.97 Å². The van der Waals surface area contributed by atoms with Gasteiger partial charge in [-0.15, -0.1) is 0 Å². The summed E-state index contributed by atoms with van der Waals surface area (Å²) in [5.41, 5.74) is 1.11. The van der Waals surface area contributed by atoms with Gasteiger partial charge in [-0.2, -0.15) is 11.8 Å². The normalized spacial score (nSPS) is 20.8. The predicted octanol–water partition coefficient (Wildman–Crippen LogP) is 1.78. The van der Waals surface area contributed by atoms with Crippen molar-refractivity contribution >= 4 is 17.7 Å². The number of carboxylic acid groups (broad SMARTS) is 1. The van der Waals surface area contributed by atoms with Gasteiger partial charge in [0.15, 0.2) is 0 Å². The van der Waals surface area contributed by atoms with Crippen molar-refractivity contribution in [2.24, 2.45) is 0 Å². The second-order valence-corrected chi connectivity index (χ2v) is 5.61. The van der Waals surface area contributed by atoms with Gasteiger partial charge in [0, 0.05) is 30.6 Å². The smallest absolute Gasteiger partial charge is 0.304 e. The van der Waals surface area contributed by atoms with Crippen LogP contribution in [-0.4, -0.2) is 45.2 Å². The molecule has 0 spiro atoms. The van der Waals surface area contributed by atoms with Gasteiger partial charge in [-0.1, -0.05) is 12.1 Å². The molecule has 0 aromatic heterocycles. The summed E-state index contributed by atoms with van der Waals surface area (Å²) in [6.07, 6.45) is 0.199. The highest BCUT2D eigenvalue weighted by molar-refractivity contribution is 7.99. The second-order valence-electron chi connectivity index (χ2n) is 4.46. The summed E-state index contributed by atoms with van der Waals surface area (Å²) in [6.45, 7) is 1.67. The lowest BCUT2D eigenvalue weighted by atomic mass is 10.1. The lowest BCUT2D eigenvalue weighted by Gasteiger charge is -2.34. The van der Waals surface area contributed by atoms with Crippen LogP contribution < -0.4 is 0 Å². The average Bonchev–Trinajstić information content (AvgIpc) is 2.34. The summed E-state index contributed by atoms with van der Waals surface area (Å²) in [6, 6.07) is 7.21.